The van der Waals surface area contributed by atoms with Crippen LogP contribution in [0.1, 0.15) is 10.4 Å². The normalized spacial score (nSPS) is 10.8. The van der Waals surface area contributed by atoms with Crippen LogP contribution in [0.3, 0.4) is 0 Å². The van der Waals surface area contributed by atoms with Crippen molar-refractivity contribution in [1.82, 2.24) is 10.0 Å². The summed E-state index contributed by atoms with van der Waals surface area (Å²) in [7, 11) is -0.707. The average Bonchev–Trinajstić information content (AvgIpc) is 2.50. The zero-order valence-corrected chi connectivity index (χ0v) is 14.1. The molecule has 0 unspecified atom stereocenters. The highest BCUT2D eigenvalue weighted by atomic mass is 35.5. The van der Waals surface area contributed by atoms with Gasteiger partial charge in [-0.05, 0) is 24.3 Å². The van der Waals surface area contributed by atoms with Crippen molar-refractivity contribution in [3.8, 4) is 0 Å². The molecule has 22 heavy (non-hydrogen) atoms. The molecule has 0 amide bonds. The quantitative estimate of drug-likeness (QED) is 0.494. The fraction of sp³-hybridized carbons (Fsp3) is 0.462. The van der Waals surface area contributed by atoms with Gasteiger partial charge >= 0.3 is 5.97 Å². The summed E-state index contributed by atoms with van der Waals surface area (Å²) in [5.41, 5.74) is 0.303. The summed E-state index contributed by atoms with van der Waals surface area (Å²) in [6, 6.07) is 5.56. The van der Waals surface area contributed by atoms with Gasteiger partial charge in [-0.1, -0.05) is 0 Å². The predicted molar refractivity (Wildman–Crippen MR) is 85.0 cm³/mol. The number of nitrogens with one attached hydrogen (secondary N) is 2. The van der Waals surface area contributed by atoms with Crippen LogP contribution in [0, 0.1) is 0 Å². The minimum Gasteiger partial charge on any atom is -0.465 e. The maximum Gasteiger partial charge on any atom is 0.337 e. The molecule has 0 atom stereocenters. The van der Waals surface area contributed by atoms with Crippen LogP contribution in [0.4, 0.5) is 0 Å². The first-order valence-corrected chi connectivity index (χ1v) is 7.87. The predicted octanol–water partition coefficient (Wildman–Crippen LogP) is 0.409. The third-order valence-electron chi connectivity index (χ3n) is 2.66. The Bertz CT molecular complexity index is 548. The second-order valence-electron chi connectivity index (χ2n) is 4.16. The zero-order chi connectivity index (χ0) is 15.7. The second kappa shape index (κ2) is 10.5. The number of hydrogen-bond donors (Lipinski definition) is 2. The van der Waals surface area contributed by atoms with E-state index in [1.807, 2.05) is 0 Å². The summed E-state index contributed by atoms with van der Waals surface area (Å²) < 4.78 is 35.9. The molecule has 1 aromatic carbocycles. The standard InChI is InChI=1S/C13H20N2O5S.ClH/c1-19-10-9-14-7-8-15-21(17,18)12-5-3-11(4-6-12)13(16)20-2;/h3-6,14-15H,7-10H2,1-2H3;1H. The van der Waals surface area contributed by atoms with Crippen molar-refractivity contribution in [2.75, 3.05) is 40.5 Å². The molecule has 0 aliphatic carbocycles. The third kappa shape index (κ3) is 6.71. The fourth-order valence-corrected chi connectivity index (χ4v) is 2.58. The first kappa shape index (κ1) is 20.8. The minimum absolute atomic E-state index is 0. The van der Waals surface area contributed by atoms with Gasteiger partial charge in [0.1, 0.15) is 0 Å². The van der Waals surface area contributed by atoms with Crippen LogP contribution in [0.2, 0.25) is 0 Å². The van der Waals surface area contributed by atoms with Crippen LogP contribution in [0.5, 0.6) is 0 Å². The van der Waals surface area contributed by atoms with Gasteiger partial charge in [-0.2, -0.15) is 0 Å². The molecular weight excluding hydrogens is 332 g/mol. The van der Waals surface area contributed by atoms with E-state index in [9.17, 15) is 13.2 Å². The van der Waals surface area contributed by atoms with Gasteiger partial charge in [0.15, 0.2) is 0 Å². The summed E-state index contributed by atoms with van der Waals surface area (Å²) in [6.07, 6.45) is 0. The highest BCUT2D eigenvalue weighted by molar-refractivity contribution is 7.89. The van der Waals surface area contributed by atoms with Crippen LogP contribution in [-0.4, -0.2) is 54.8 Å². The van der Waals surface area contributed by atoms with Crippen LogP contribution >= 0.6 is 12.4 Å². The van der Waals surface area contributed by atoms with Crippen LogP contribution in [0.15, 0.2) is 29.2 Å². The Kier molecular flexibility index (Phi) is 9.95. The van der Waals surface area contributed by atoms with E-state index in [4.69, 9.17) is 4.74 Å². The lowest BCUT2D eigenvalue weighted by Crippen LogP contribution is -2.33. The van der Waals surface area contributed by atoms with Gasteiger partial charge in [0.05, 0.1) is 24.2 Å². The van der Waals surface area contributed by atoms with E-state index in [2.05, 4.69) is 14.8 Å². The molecule has 0 aliphatic rings. The maximum absolute atomic E-state index is 12.0. The highest BCUT2D eigenvalue weighted by Crippen LogP contribution is 2.10. The second-order valence-corrected chi connectivity index (χ2v) is 5.92. The molecule has 2 N–H and O–H groups in total. The minimum atomic E-state index is -3.58. The van der Waals surface area contributed by atoms with Crippen molar-refractivity contribution in [2.24, 2.45) is 0 Å². The van der Waals surface area contributed by atoms with Gasteiger partial charge in [0, 0.05) is 26.7 Å². The Balaban J connectivity index is 0.00000441. The van der Waals surface area contributed by atoms with Crippen molar-refractivity contribution in [1.29, 1.82) is 0 Å². The maximum atomic E-state index is 12.0. The van der Waals surface area contributed by atoms with Crippen molar-refractivity contribution < 1.29 is 22.7 Å². The van der Waals surface area contributed by atoms with E-state index in [1.54, 1.807) is 7.11 Å². The Labute approximate surface area is 136 Å². The first-order chi connectivity index (χ1) is 10.0. The van der Waals surface area contributed by atoms with E-state index in [-0.39, 0.29) is 23.8 Å². The number of benzene rings is 1. The van der Waals surface area contributed by atoms with E-state index in [0.717, 1.165) is 0 Å². The van der Waals surface area contributed by atoms with E-state index in [0.29, 0.717) is 25.3 Å². The van der Waals surface area contributed by atoms with Gasteiger partial charge < -0.3 is 14.8 Å². The van der Waals surface area contributed by atoms with E-state index < -0.39 is 16.0 Å². The van der Waals surface area contributed by atoms with E-state index in [1.165, 1.54) is 31.4 Å². The molecular formula is C13H21ClN2O5S. The number of carbonyl (C=O) groups excluding carboxylic acids is 1. The van der Waals surface area contributed by atoms with Gasteiger partial charge in [-0.25, -0.2) is 17.9 Å². The molecule has 0 radical (unpaired) electrons. The Hall–Kier alpha value is -1.19. The molecule has 9 heteroatoms. The summed E-state index contributed by atoms with van der Waals surface area (Å²) in [6.45, 7) is 2.00. The number of ether oxygens (including phenoxy) is 2. The molecule has 1 aromatic rings. The molecule has 0 aliphatic heterocycles. The highest BCUT2D eigenvalue weighted by Gasteiger charge is 2.14. The van der Waals surface area contributed by atoms with Gasteiger partial charge in [-0.15, -0.1) is 12.4 Å². The smallest absolute Gasteiger partial charge is 0.337 e. The Morgan fingerprint density at radius 2 is 1.73 bits per heavy atom. The number of rotatable bonds is 9. The number of methoxy groups -OCH3 is 2. The van der Waals surface area contributed by atoms with Gasteiger partial charge in [-0.3, -0.25) is 0 Å². The average molecular weight is 353 g/mol. The fourth-order valence-electron chi connectivity index (χ4n) is 1.54. The monoisotopic (exact) mass is 352 g/mol. The summed E-state index contributed by atoms with van der Waals surface area (Å²) in [5.74, 6) is -0.505. The van der Waals surface area contributed by atoms with Crippen LogP contribution < -0.4 is 10.0 Å². The number of carbonyl (C=O) groups is 1. The summed E-state index contributed by atoms with van der Waals surface area (Å²) in [4.78, 5) is 11.4. The molecule has 0 saturated carbocycles. The first-order valence-electron chi connectivity index (χ1n) is 6.39. The Morgan fingerprint density at radius 3 is 2.27 bits per heavy atom. The largest absolute Gasteiger partial charge is 0.465 e. The lowest BCUT2D eigenvalue weighted by atomic mass is 10.2. The zero-order valence-electron chi connectivity index (χ0n) is 12.5. The van der Waals surface area contributed by atoms with Crippen molar-refractivity contribution in [3.63, 3.8) is 0 Å². The van der Waals surface area contributed by atoms with Crippen molar-refractivity contribution in [3.05, 3.63) is 29.8 Å². The molecule has 7 nitrogen and oxygen atoms in total. The lowest BCUT2D eigenvalue weighted by molar-refractivity contribution is 0.0600. The number of hydrogen-bond acceptors (Lipinski definition) is 6. The summed E-state index contributed by atoms with van der Waals surface area (Å²) >= 11 is 0. The molecule has 0 spiro atoms. The van der Waals surface area contributed by atoms with E-state index >= 15 is 0 Å². The molecule has 1 rings (SSSR count). The van der Waals surface area contributed by atoms with Crippen molar-refractivity contribution >= 4 is 28.4 Å². The van der Waals surface area contributed by atoms with Gasteiger partial charge in [0.2, 0.25) is 10.0 Å². The van der Waals surface area contributed by atoms with Gasteiger partial charge in [0.25, 0.3) is 0 Å². The molecule has 0 saturated heterocycles. The Morgan fingerprint density at radius 1 is 1.09 bits per heavy atom. The topological polar surface area (TPSA) is 93.7 Å². The molecule has 0 fully saturated rings. The number of sulfonamides is 1. The van der Waals surface area contributed by atoms with Crippen LogP contribution in [-0.2, 0) is 19.5 Å². The lowest BCUT2D eigenvalue weighted by Gasteiger charge is -2.08. The van der Waals surface area contributed by atoms with Crippen molar-refractivity contribution in [2.45, 2.75) is 4.90 Å². The van der Waals surface area contributed by atoms with Crippen LogP contribution in [0.25, 0.3) is 0 Å². The molecule has 0 bridgehead atoms. The number of esters is 1. The molecule has 0 heterocycles. The molecule has 0 aromatic heterocycles. The SMILES string of the molecule is COCCNCCNS(=O)(=O)c1ccc(C(=O)OC)cc1.Cl. The third-order valence-corrected chi connectivity index (χ3v) is 4.14. The number of halogens is 1. The summed E-state index contributed by atoms with van der Waals surface area (Å²) in [5, 5.41) is 3.03. The molecule has 126 valence electrons.